The van der Waals surface area contributed by atoms with Gasteiger partial charge in [-0.25, -0.2) is 10.2 Å². The summed E-state index contributed by atoms with van der Waals surface area (Å²) in [6.07, 6.45) is 0.419. The Morgan fingerprint density at radius 2 is 2.09 bits per heavy atom. The van der Waals surface area contributed by atoms with Crippen molar-refractivity contribution in [2.45, 2.75) is 40.2 Å². The molecule has 0 fully saturated rings. The third kappa shape index (κ3) is 3.24. The van der Waals surface area contributed by atoms with E-state index in [0.29, 0.717) is 5.56 Å². The Balaban J connectivity index is 1.98. The first-order valence-corrected chi connectivity index (χ1v) is 7.16. The zero-order valence-corrected chi connectivity index (χ0v) is 12.9. The van der Waals surface area contributed by atoms with E-state index < -0.39 is 5.97 Å². The summed E-state index contributed by atoms with van der Waals surface area (Å²) >= 11 is 0. The van der Waals surface area contributed by atoms with Crippen LogP contribution in [-0.4, -0.2) is 34.5 Å². The molecule has 1 aliphatic heterocycles. The molecule has 0 radical (unpaired) electrons. The fourth-order valence-corrected chi connectivity index (χ4v) is 2.48. The molecule has 1 aliphatic rings. The Morgan fingerprint density at radius 3 is 2.64 bits per heavy atom. The van der Waals surface area contributed by atoms with Crippen LogP contribution in [0.5, 0.6) is 0 Å². The van der Waals surface area contributed by atoms with Gasteiger partial charge in [-0.15, -0.1) is 0 Å². The van der Waals surface area contributed by atoms with E-state index >= 15 is 0 Å². The molecule has 2 heterocycles. The standard InChI is InChI=1S/C15H19N3O4/c1-4-18-9(2)7-11(10(18)3)13(19)8-22-15(21)12-5-6-14(20)17-16-12/h7H,4-6,8H2,1-3H3,(H,17,20). The normalized spacial score (nSPS) is 14.3. The van der Waals surface area contributed by atoms with Crippen molar-refractivity contribution in [3.8, 4) is 0 Å². The molecule has 1 amide bonds. The molecular formula is C15H19N3O4. The van der Waals surface area contributed by atoms with Gasteiger partial charge in [-0.2, -0.15) is 5.10 Å². The third-order valence-corrected chi connectivity index (χ3v) is 3.66. The molecule has 0 saturated carbocycles. The minimum absolute atomic E-state index is 0.131. The number of nitrogens with zero attached hydrogens (tertiary/aromatic N) is 2. The molecule has 2 rings (SSSR count). The number of hydrogen-bond donors (Lipinski definition) is 1. The number of ether oxygens (including phenoxy) is 1. The fraction of sp³-hybridized carbons (Fsp3) is 0.467. The van der Waals surface area contributed by atoms with Gasteiger partial charge in [0.2, 0.25) is 11.7 Å². The number of nitrogens with one attached hydrogen (secondary N) is 1. The lowest BCUT2D eigenvalue weighted by Gasteiger charge is -2.11. The fourth-order valence-electron chi connectivity index (χ4n) is 2.48. The first-order valence-electron chi connectivity index (χ1n) is 7.16. The van der Waals surface area contributed by atoms with Gasteiger partial charge >= 0.3 is 5.97 Å². The van der Waals surface area contributed by atoms with Crippen LogP contribution in [0.2, 0.25) is 0 Å². The first-order chi connectivity index (χ1) is 10.4. The van der Waals surface area contributed by atoms with Crippen molar-refractivity contribution in [1.82, 2.24) is 9.99 Å². The van der Waals surface area contributed by atoms with Crippen molar-refractivity contribution in [1.29, 1.82) is 0 Å². The van der Waals surface area contributed by atoms with Crippen molar-refractivity contribution >= 4 is 23.4 Å². The number of Topliss-reactive ketones (excluding diaryl/α,β-unsaturated/α-hetero) is 1. The number of aromatic nitrogens is 1. The topological polar surface area (TPSA) is 89.8 Å². The zero-order valence-electron chi connectivity index (χ0n) is 12.9. The molecule has 0 atom stereocenters. The molecule has 1 aromatic heterocycles. The quantitative estimate of drug-likeness (QED) is 0.652. The van der Waals surface area contributed by atoms with Crippen molar-refractivity contribution in [3.05, 3.63) is 23.0 Å². The SMILES string of the molecule is CCn1c(C)cc(C(=O)COC(=O)C2=NNC(=O)CC2)c1C. The maximum atomic E-state index is 12.2. The summed E-state index contributed by atoms with van der Waals surface area (Å²) in [6, 6.07) is 1.80. The molecule has 0 spiro atoms. The molecule has 0 bridgehead atoms. The summed E-state index contributed by atoms with van der Waals surface area (Å²) in [5, 5.41) is 3.64. The van der Waals surface area contributed by atoms with Gasteiger partial charge in [-0.05, 0) is 26.8 Å². The monoisotopic (exact) mass is 305 g/mol. The van der Waals surface area contributed by atoms with Crippen LogP contribution in [0.1, 0.15) is 41.5 Å². The Labute approximate surface area is 128 Å². The van der Waals surface area contributed by atoms with Crippen molar-refractivity contribution in [2.75, 3.05) is 6.61 Å². The molecule has 7 heteroatoms. The predicted octanol–water partition coefficient (Wildman–Crippen LogP) is 1.12. The van der Waals surface area contributed by atoms with E-state index in [1.807, 2.05) is 25.3 Å². The van der Waals surface area contributed by atoms with E-state index in [-0.39, 0.29) is 36.9 Å². The number of amides is 1. The van der Waals surface area contributed by atoms with Gasteiger partial charge in [0, 0.05) is 36.3 Å². The van der Waals surface area contributed by atoms with Gasteiger partial charge in [-0.1, -0.05) is 0 Å². The van der Waals surface area contributed by atoms with E-state index in [4.69, 9.17) is 4.74 Å². The van der Waals surface area contributed by atoms with Crippen molar-refractivity contribution in [2.24, 2.45) is 5.10 Å². The van der Waals surface area contributed by atoms with Crippen LogP contribution in [0.3, 0.4) is 0 Å². The molecule has 0 aromatic carbocycles. The highest BCUT2D eigenvalue weighted by molar-refractivity contribution is 6.37. The summed E-state index contributed by atoms with van der Waals surface area (Å²) in [5.41, 5.74) is 4.77. The maximum Gasteiger partial charge on any atom is 0.354 e. The lowest BCUT2D eigenvalue weighted by Crippen LogP contribution is -2.31. The number of esters is 1. The van der Waals surface area contributed by atoms with E-state index in [2.05, 4.69) is 10.5 Å². The highest BCUT2D eigenvalue weighted by Gasteiger charge is 2.22. The number of carbonyl (C=O) groups excluding carboxylic acids is 3. The van der Waals surface area contributed by atoms with Gasteiger partial charge in [0.1, 0.15) is 5.71 Å². The van der Waals surface area contributed by atoms with E-state index in [0.717, 1.165) is 17.9 Å². The van der Waals surface area contributed by atoms with Crippen LogP contribution in [0.15, 0.2) is 11.2 Å². The molecule has 1 aromatic rings. The summed E-state index contributed by atoms with van der Waals surface area (Å²) in [6.45, 7) is 6.25. The highest BCUT2D eigenvalue weighted by atomic mass is 16.5. The number of carbonyl (C=O) groups is 3. The van der Waals surface area contributed by atoms with Crippen LogP contribution < -0.4 is 5.43 Å². The zero-order chi connectivity index (χ0) is 16.3. The van der Waals surface area contributed by atoms with Crippen LogP contribution >= 0.6 is 0 Å². The van der Waals surface area contributed by atoms with E-state index in [9.17, 15) is 14.4 Å². The molecule has 22 heavy (non-hydrogen) atoms. The summed E-state index contributed by atoms with van der Waals surface area (Å²) in [5.74, 6) is -1.15. The first kappa shape index (κ1) is 15.9. The number of rotatable bonds is 5. The van der Waals surface area contributed by atoms with Crippen LogP contribution in [0.4, 0.5) is 0 Å². The van der Waals surface area contributed by atoms with Crippen molar-refractivity contribution in [3.63, 3.8) is 0 Å². The van der Waals surface area contributed by atoms with E-state index in [1.165, 1.54) is 0 Å². The molecule has 1 N–H and O–H groups in total. The molecular weight excluding hydrogens is 286 g/mol. The molecule has 118 valence electrons. The second kappa shape index (κ2) is 6.55. The van der Waals surface area contributed by atoms with Gasteiger partial charge in [0.25, 0.3) is 0 Å². The second-order valence-electron chi connectivity index (χ2n) is 5.12. The number of aryl methyl sites for hydroxylation is 1. The predicted molar refractivity (Wildman–Crippen MR) is 79.7 cm³/mol. The minimum Gasteiger partial charge on any atom is -0.453 e. The summed E-state index contributed by atoms with van der Waals surface area (Å²) in [4.78, 5) is 34.9. The average molecular weight is 305 g/mol. The molecule has 0 saturated heterocycles. The van der Waals surface area contributed by atoms with Gasteiger partial charge < -0.3 is 9.30 Å². The number of ketones is 1. The van der Waals surface area contributed by atoms with Gasteiger partial charge in [-0.3, -0.25) is 9.59 Å². The largest absolute Gasteiger partial charge is 0.453 e. The molecule has 0 unspecified atom stereocenters. The van der Waals surface area contributed by atoms with Gasteiger partial charge in [0.05, 0.1) is 0 Å². The number of hydrazone groups is 1. The Bertz CT molecular complexity index is 658. The lowest BCUT2D eigenvalue weighted by atomic mass is 10.1. The average Bonchev–Trinajstić information content (AvgIpc) is 2.79. The second-order valence-corrected chi connectivity index (χ2v) is 5.12. The molecule has 0 aliphatic carbocycles. The van der Waals surface area contributed by atoms with Gasteiger partial charge in [0.15, 0.2) is 6.61 Å². The van der Waals surface area contributed by atoms with Crippen LogP contribution in [0.25, 0.3) is 0 Å². The lowest BCUT2D eigenvalue weighted by molar-refractivity contribution is -0.134. The van der Waals surface area contributed by atoms with E-state index in [1.54, 1.807) is 6.07 Å². The maximum absolute atomic E-state index is 12.2. The summed E-state index contributed by atoms with van der Waals surface area (Å²) < 4.78 is 7.01. The third-order valence-electron chi connectivity index (χ3n) is 3.66. The van der Waals surface area contributed by atoms with Crippen LogP contribution in [0, 0.1) is 13.8 Å². The Kier molecular flexibility index (Phi) is 4.75. The highest BCUT2D eigenvalue weighted by Crippen LogP contribution is 2.15. The summed E-state index contributed by atoms with van der Waals surface area (Å²) in [7, 11) is 0. The van der Waals surface area contributed by atoms with Crippen LogP contribution in [-0.2, 0) is 20.9 Å². The minimum atomic E-state index is -0.669. The number of hydrogen-bond acceptors (Lipinski definition) is 5. The Morgan fingerprint density at radius 1 is 1.36 bits per heavy atom. The Hall–Kier alpha value is -2.44. The molecule has 7 nitrogen and oxygen atoms in total. The van der Waals surface area contributed by atoms with Crippen molar-refractivity contribution < 1.29 is 19.1 Å². The smallest absolute Gasteiger partial charge is 0.354 e.